The summed E-state index contributed by atoms with van der Waals surface area (Å²) >= 11 is 1.69. The van der Waals surface area contributed by atoms with Gasteiger partial charge in [0.2, 0.25) is 11.8 Å². The van der Waals surface area contributed by atoms with Crippen LogP contribution in [0.15, 0.2) is 42.5 Å². The van der Waals surface area contributed by atoms with Gasteiger partial charge >= 0.3 is 0 Å². The lowest BCUT2D eigenvalue weighted by Gasteiger charge is -2.34. The number of carbonyl (C=O) groups excluding carboxylic acids is 2. The van der Waals surface area contributed by atoms with E-state index in [0.29, 0.717) is 19.6 Å². The van der Waals surface area contributed by atoms with E-state index in [4.69, 9.17) is 0 Å². The first kappa shape index (κ1) is 18.7. The van der Waals surface area contributed by atoms with Gasteiger partial charge < -0.3 is 10.6 Å². The molecule has 0 aliphatic carbocycles. The molecule has 1 atom stereocenters. The first-order valence-corrected chi connectivity index (χ1v) is 10.3. The number of hydrogen-bond acceptors (Lipinski definition) is 4. The lowest BCUT2D eigenvalue weighted by atomic mass is 10.0. The summed E-state index contributed by atoms with van der Waals surface area (Å²) in [6.45, 7) is 2.68. The molecule has 2 aromatic carbocycles. The fourth-order valence-electron chi connectivity index (χ4n) is 3.29. The molecule has 1 aliphatic heterocycles. The number of nitrogens with one attached hydrogen (secondary N) is 2. The van der Waals surface area contributed by atoms with Crippen molar-refractivity contribution in [2.75, 3.05) is 31.6 Å². The molecule has 0 unspecified atom stereocenters. The van der Waals surface area contributed by atoms with Crippen LogP contribution in [0.3, 0.4) is 0 Å². The topological polar surface area (TPSA) is 61.4 Å². The zero-order valence-corrected chi connectivity index (χ0v) is 15.8. The van der Waals surface area contributed by atoms with Gasteiger partial charge in [-0.05, 0) is 28.7 Å². The predicted molar refractivity (Wildman–Crippen MR) is 107 cm³/mol. The number of fused-ring (bicyclic) bond motifs is 1. The maximum atomic E-state index is 12.3. The van der Waals surface area contributed by atoms with Crippen LogP contribution in [0.5, 0.6) is 0 Å². The molecule has 3 rings (SSSR count). The van der Waals surface area contributed by atoms with Gasteiger partial charge in [0.1, 0.15) is 0 Å². The van der Waals surface area contributed by atoms with Gasteiger partial charge in [-0.15, -0.1) is 0 Å². The average Bonchev–Trinajstić information content (AvgIpc) is 2.65. The van der Waals surface area contributed by atoms with Gasteiger partial charge in [-0.3, -0.25) is 14.5 Å². The van der Waals surface area contributed by atoms with Crippen LogP contribution >= 0.6 is 11.8 Å². The Hall–Kier alpha value is -2.05. The Morgan fingerprint density at radius 1 is 1.27 bits per heavy atom. The Morgan fingerprint density at radius 3 is 2.88 bits per heavy atom. The number of piperazine rings is 1. The number of hydrogen-bond donors (Lipinski definition) is 2. The van der Waals surface area contributed by atoms with E-state index >= 15 is 0 Å². The van der Waals surface area contributed by atoms with Crippen molar-refractivity contribution in [3.05, 3.63) is 48.0 Å². The molecule has 0 radical (unpaired) electrons. The Balaban J connectivity index is 1.68. The molecule has 1 aliphatic rings. The molecule has 26 heavy (non-hydrogen) atoms. The highest BCUT2D eigenvalue weighted by atomic mass is 32.2. The lowest BCUT2D eigenvalue weighted by Crippen LogP contribution is -2.56. The molecular formula is C20H25N3O2S. The van der Waals surface area contributed by atoms with Gasteiger partial charge in [0.25, 0.3) is 0 Å². The first-order valence-electron chi connectivity index (χ1n) is 8.92. The van der Waals surface area contributed by atoms with Crippen molar-refractivity contribution in [3.63, 3.8) is 0 Å². The minimum Gasteiger partial charge on any atom is -0.355 e. The molecule has 2 N–H and O–H groups in total. The van der Waals surface area contributed by atoms with Crippen LogP contribution in [0.4, 0.5) is 0 Å². The van der Waals surface area contributed by atoms with Crippen LogP contribution in [0, 0.1) is 0 Å². The van der Waals surface area contributed by atoms with E-state index in [-0.39, 0.29) is 18.2 Å². The fourth-order valence-corrected chi connectivity index (χ4v) is 3.59. The SMILES string of the molecule is CSCCNC(=O)C[C@@H]1C(=O)NCCN1Cc1ccc2ccccc2c1. The molecular weight excluding hydrogens is 346 g/mol. The second kappa shape index (κ2) is 9.05. The van der Waals surface area contributed by atoms with Crippen molar-refractivity contribution in [2.24, 2.45) is 0 Å². The van der Waals surface area contributed by atoms with E-state index in [1.807, 2.05) is 18.4 Å². The molecule has 6 heteroatoms. The van der Waals surface area contributed by atoms with Gasteiger partial charge in [-0.25, -0.2) is 0 Å². The number of nitrogens with zero attached hydrogens (tertiary/aromatic N) is 1. The molecule has 0 saturated carbocycles. The molecule has 0 spiro atoms. The third-order valence-electron chi connectivity index (χ3n) is 4.65. The van der Waals surface area contributed by atoms with E-state index in [1.54, 1.807) is 11.8 Å². The Morgan fingerprint density at radius 2 is 2.08 bits per heavy atom. The van der Waals surface area contributed by atoms with Crippen molar-refractivity contribution in [1.82, 2.24) is 15.5 Å². The number of thioether (sulfide) groups is 1. The number of carbonyl (C=O) groups is 2. The monoisotopic (exact) mass is 371 g/mol. The highest BCUT2D eigenvalue weighted by molar-refractivity contribution is 7.98. The highest BCUT2D eigenvalue weighted by Crippen LogP contribution is 2.19. The number of benzene rings is 2. The molecule has 1 fully saturated rings. The summed E-state index contributed by atoms with van der Waals surface area (Å²) in [4.78, 5) is 26.6. The maximum absolute atomic E-state index is 12.3. The molecule has 2 aromatic rings. The zero-order valence-electron chi connectivity index (χ0n) is 15.0. The predicted octanol–water partition coefficient (Wildman–Crippen LogP) is 2.01. The van der Waals surface area contributed by atoms with Crippen LogP contribution in [-0.4, -0.2) is 54.4 Å². The lowest BCUT2D eigenvalue weighted by molar-refractivity contribution is -0.134. The molecule has 1 heterocycles. The third kappa shape index (κ3) is 4.77. The van der Waals surface area contributed by atoms with E-state index in [9.17, 15) is 9.59 Å². The Kier molecular flexibility index (Phi) is 6.52. The molecule has 2 amide bonds. The first-order chi connectivity index (χ1) is 12.7. The second-order valence-electron chi connectivity index (χ2n) is 6.51. The van der Waals surface area contributed by atoms with Crippen LogP contribution < -0.4 is 10.6 Å². The Labute approximate surface area is 158 Å². The molecule has 1 saturated heterocycles. The van der Waals surface area contributed by atoms with Gasteiger partial charge in [-0.1, -0.05) is 36.4 Å². The molecule has 138 valence electrons. The third-order valence-corrected chi connectivity index (χ3v) is 5.26. The minimum atomic E-state index is -0.413. The van der Waals surface area contributed by atoms with E-state index < -0.39 is 6.04 Å². The van der Waals surface area contributed by atoms with Crippen molar-refractivity contribution in [1.29, 1.82) is 0 Å². The fraction of sp³-hybridized carbons (Fsp3) is 0.400. The number of amides is 2. The van der Waals surface area contributed by atoms with Crippen LogP contribution in [-0.2, 0) is 16.1 Å². The van der Waals surface area contributed by atoms with Crippen molar-refractivity contribution >= 4 is 34.3 Å². The molecule has 5 nitrogen and oxygen atoms in total. The largest absolute Gasteiger partial charge is 0.355 e. The summed E-state index contributed by atoms with van der Waals surface area (Å²) < 4.78 is 0. The average molecular weight is 372 g/mol. The summed E-state index contributed by atoms with van der Waals surface area (Å²) in [5.41, 5.74) is 1.16. The maximum Gasteiger partial charge on any atom is 0.237 e. The van der Waals surface area contributed by atoms with E-state index in [0.717, 1.165) is 17.9 Å². The standard InChI is InChI=1S/C20H25N3O2S/c1-26-11-9-21-19(24)13-18-20(25)22-8-10-23(18)14-15-6-7-16-4-2-3-5-17(16)12-15/h2-7,12,18H,8-11,13-14H2,1H3,(H,21,24)(H,22,25)/t18-/m1/s1. The molecule has 0 bridgehead atoms. The van der Waals surface area contributed by atoms with Crippen molar-refractivity contribution < 1.29 is 9.59 Å². The summed E-state index contributed by atoms with van der Waals surface area (Å²) in [5, 5.41) is 8.18. The van der Waals surface area contributed by atoms with Crippen LogP contribution in [0.25, 0.3) is 10.8 Å². The summed E-state index contributed by atoms with van der Waals surface area (Å²) in [6.07, 6.45) is 2.21. The van der Waals surface area contributed by atoms with Crippen molar-refractivity contribution in [3.8, 4) is 0 Å². The zero-order chi connectivity index (χ0) is 18.4. The highest BCUT2D eigenvalue weighted by Gasteiger charge is 2.31. The van der Waals surface area contributed by atoms with Gasteiger partial charge in [0.05, 0.1) is 12.5 Å². The van der Waals surface area contributed by atoms with E-state index in [1.165, 1.54) is 10.8 Å². The smallest absolute Gasteiger partial charge is 0.237 e. The van der Waals surface area contributed by atoms with E-state index in [2.05, 4.69) is 45.9 Å². The summed E-state index contributed by atoms with van der Waals surface area (Å²) in [6, 6.07) is 14.2. The van der Waals surface area contributed by atoms with Crippen LogP contribution in [0.2, 0.25) is 0 Å². The van der Waals surface area contributed by atoms with Gasteiger partial charge in [0, 0.05) is 31.9 Å². The Bertz CT molecular complexity index is 780. The van der Waals surface area contributed by atoms with Crippen LogP contribution in [0.1, 0.15) is 12.0 Å². The summed E-state index contributed by atoms with van der Waals surface area (Å²) in [7, 11) is 0. The number of rotatable bonds is 7. The van der Waals surface area contributed by atoms with Gasteiger partial charge in [-0.2, -0.15) is 11.8 Å². The second-order valence-corrected chi connectivity index (χ2v) is 7.49. The van der Waals surface area contributed by atoms with Gasteiger partial charge in [0.15, 0.2) is 0 Å². The minimum absolute atomic E-state index is 0.0583. The quantitative estimate of drug-likeness (QED) is 0.731. The molecule has 0 aromatic heterocycles. The summed E-state index contributed by atoms with van der Waals surface area (Å²) in [5.74, 6) is 0.755. The normalized spacial score (nSPS) is 17.9. The van der Waals surface area contributed by atoms with Crippen molar-refractivity contribution in [2.45, 2.75) is 19.0 Å².